The summed E-state index contributed by atoms with van der Waals surface area (Å²) in [7, 11) is 2.77. The number of aromatic hydroxyl groups is 1. The summed E-state index contributed by atoms with van der Waals surface area (Å²) in [6.45, 7) is 3.94. The molecule has 0 aromatic heterocycles. The highest BCUT2D eigenvalue weighted by Gasteiger charge is 2.22. The van der Waals surface area contributed by atoms with Gasteiger partial charge in [-0.25, -0.2) is 4.79 Å². The van der Waals surface area contributed by atoms with Crippen molar-refractivity contribution in [2.75, 3.05) is 20.8 Å². The normalized spacial score (nSPS) is 11.0. The number of methoxy groups -OCH3 is 2. The van der Waals surface area contributed by atoms with E-state index in [4.69, 9.17) is 4.74 Å². The molecule has 0 fully saturated rings. The minimum absolute atomic E-state index is 0.113. The Bertz CT molecular complexity index is 510. The molecule has 110 valence electrons. The minimum atomic E-state index is -0.619. The first-order chi connectivity index (χ1) is 9.29. The van der Waals surface area contributed by atoms with Crippen LogP contribution in [-0.2, 0) is 9.47 Å². The molecule has 0 heterocycles. The van der Waals surface area contributed by atoms with Crippen LogP contribution in [0.3, 0.4) is 0 Å². The van der Waals surface area contributed by atoms with Crippen LogP contribution in [0.1, 0.15) is 34.6 Å². The maximum absolute atomic E-state index is 12.1. The molecule has 0 spiro atoms. The third-order valence-corrected chi connectivity index (χ3v) is 2.56. The lowest BCUT2D eigenvalue weighted by molar-refractivity contribution is 0.0600. The predicted octanol–water partition coefficient (Wildman–Crippen LogP) is 1.33. The van der Waals surface area contributed by atoms with Crippen LogP contribution in [0.25, 0.3) is 0 Å². The molecule has 1 amide bonds. The fraction of sp³-hybridized carbons (Fsp3) is 0.429. The van der Waals surface area contributed by atoms with Crippen LogP contribution in [0.2, 0.25) is 0 Å². The minimum Gasteiger partial charge on any atom is -0.508 e. The number of phenols is 1. The number of benzene rings is 1. The number of carbonyl (C=O) groups excluding carboxylic acids is 2. The molecule has 0 aliphatic carbocycles. The van der Waals surface area contributed by atoms with Crippen LogP contribution in [0.4, 0.5) is 0 Å². The van der Waals surface area contributed by atoms with Crippen molar-refractivity contribution in [1.29, 1.82) is 0 Å². The highest BCUT2D eigenvalue weighted by molar-refractivity contribution is 5.98. The van der Waals surface area contributed by atoms with E-state index in [0.717, 1.165) is 0 Å². The molecule has 0 atom stereocenters. The fourth-order valence-electron chi connectivity index (χ4n) is 1.75. The molecule has 1 aromatic rings. The Hall–Kier alpha value is -2.08. The van der Waals surface area contributed by atoms with Crippen molar-refractivity contribution in [2.24, 2.45) is 0 Å². The van der Waals surface area contributed by atoms with Gasteiger partial charge in [0, 0.05) is 12.7 Å². The number of esters is 1. The number of ether oxygens (including phenoxy) is 2. The van der Waals surface area contributed by atoms with Gasteiger partial charge < -0.3 is 19.9 Å². The van der Waals surface area contributed by atoms with E-state index < -0.39 is 17.4 Å². The molecule has 6 heteroatoms. The molecule has 6 nitrogen and oxygen atoms in total. The van der Waals surface area contributed by atoms with E-state index in [2.05, 4.69) is 10.1 Å². The van der Waals surface area contributed by atoms with Gasteiger partial charge in [0.15, 0.2) is 0 Å². The monoisotopic (exact) mass is 281 g/mol. The Morgan fingerprint density at radius 1 is 1.20 bits per heavy atom. The lowest BCUT2D eigenvalue weighted by Gasteiger charge is -2.25. The summed E-state index contributed by atoms with van der Waals surface area (Å²) >= 11 is 0. The Kier molecular flexibility index (Phi) is 5.10. The number of carbonyl (C=O) groups is 2. The van der Waals surface area contributed by atoms with E-state index in [1.807, 2.05) is 0 Å². The Morgan fingerprint density at radius 2 is 1.80 bits per heavy atom. The third-order valence-electron chi connectivity index (χ3n) is 2.56. The van der Waals surface area contributed by atoms with Gasteiger partial charge in [0.2, 0.25) is 0 Å². The summed E-state index contributed by atoms with van der Waals surface area (Å²) in [6, 6.07) is 3.89. The highest BCUT2D eigenvalue weighted by Crippen LogP contribution is 2.17. The third kappa shape index (κ3) is 4.24. The summed E-state index contributed by atoms with van der Waals surface area (Å²) in [5, 5.41) is 12.3. The molecule has 1 rings (SSSR count). The number of nitrogens with one attached hydrogen (secondary N) is 1. The zero-order valence-electron chi connectivity index (χ0n) is 12.0. The van der Waals surface area contributed by atoms with Gasteiger partial charge in [0.25, 0.3) is 5.91 Å². The summed E-state index contributed by atoms with van der Waals surface area (Å²) in [5.74, 6) is -1.21. The van der Waals surface area contributed by atoms with E-state index in [0.29, 0.717) is 6.61 Å². The first-order valence-corrected chi connectivity index (χ1v) is 6.03. The molecule has 0 saturated carbocycles. The summed E-state index contributed by atoms with van der Waals surface area (Å²) in [4.78, 5) is 23.6. The fourth-order valence-corrected chi connectivity index (χ4v) is 1.75. The number of hydrogen-bond acceptors (Lipinski definition) is 5. The van der Waals surface area contributed by atoms with Crippen LogP contribution >= 0.6 is 0 Å². The van der Waals surface area contributed by atoms with Crippen LogP contribution in [0.5, 0.6) is 5.75 Å². The Balaban J connectivity index is 2.99. The smallest absolute Gasteiger partial charge is 0.338 e. The van der Waals surface area contributed by atoms with Gasteiger partial charge in [-0.1, -0.05) is 0 Å². The highest BCUT2D eigenvalue weighted by atomic mass is 16.5. The van der Waals surface area contributed by atoms with Gasteiger partial charge in [0.05, 0.1) is 24.8 Å². The van der Waals surface area contributed by atoms with Gasteiger partial charge in [-0.3, -0.25) is 4.79 Å². The first kappa shape index (κ1) is 16.0. The van der Waals surface area contributed by atoms with Crippen LogP contribution in [0.15, 0.2) is 18.2 Å². The molecule has 0 unspecified atom stereocenters. The lowest BCUT2D eigenvalue weighted by atomic mass is 10.0. The van der Waals surface area contributed by atoms with Crippen molar-refractivity contribution in [2.45, 2.75) is 19.4 Å². The largest absolute Gasteiger partial charge is 0.508 e. The molecule has 2 N–H and O–H groups in total. The number of amides is 1. The summed E-state index contributed by atoms with van der Waals surface area (Å²) in [5.41, 5.74) is -0.278. The standard InChI is InChI=1S/C14H19NO5/c1-14(2,8-19-3)15-12(17)9-5-10(13(18)20-4)7-11(16)6-9/h5-7,16H,8H2,1-4H3,(H,15,17). The van der Waals surface area contributed by atoms with Crippen molar-refractivity contribution < 1.29 is 24.2 Å². The molecular formula is C14H19NO5. The van der Waals surface area contributed by atoms with E-state index in [9.17, 15) is 14.7 Å². The van der Waals surface area contributed by atoms with Crippen LogP contribution < -0.4 is 5.32 Å². The second-order valence-electron chi connectivity index (χ2n) is 5.03. The zero-order valence-corrected chi connectivity index (χ0v) is 12.0. The second-order valence-corrected chi connectivity index (χ2v) is 5.03. The van der Waals surface area contributed by atoms with Crippen molar-refractivity contribution in [3.63, 3.8) is 0 Å². The van der Waals surface area contributed by atoms with E-state index in [1.54, 1.807) is 13.8 Å². The molecule has 0 aliphatic rings. The maximum Gasteiger partial charge on any atom is 0.338 e. The van der Waals surface area contributed by atoms with E-state index in [-0.39, 0.29) is 16.9 Å². The quantitative estimate of drug-likeness (QED) is 0.795. The maximum atomic E-state index is 12.1. The van der Waals surface area contributed by atoms with Crippen molar-refractivity contribution >= 4 is 11.9 Å². The summed E-state index contributed by atoms with van der Waals surface area (Å²) < 4.78 is 9.57. The van der Waals surface area contributed by atoms with Crippen LogP contribution in [-0.4, -0.2) is 43.3 Å². The average molecular weight is 281 g/mol. The van der Waals surface area contributed by atoms with Gasteiger partial charge in [-0.15, -0.1) is 0 Å². The van der Waals surface area contributed by atoms with Crippen LogP contribution in [0, 0.1) is 0 Å². The average Bonchev–Trinajstić information content (AvgIpc) is 2.36. The van der Waals surface area contributed by atoms with Gasteiger partial charge in [-0.2, -0.15) is 0 Å². The Labute approximate surface area is 117 Å². The molecule has 0 radical (unpaired) electrons. The summed E-state index contributed by atoms with van der Waals surface area (Å²) in [6.07, 6.45) is 0. The van der Waals surface area contributed by atoms with Crippen molar-refractivity contribution in [3.8, 4) is 5.75 Å². The van der Waals surface area contributed by atoms with E-state index >= 15 is 0 Å². The molecule has 0 aliphatic heterocycles. The van der Waals surface area contributed by atoms with E-state index in [1.165, 1.54) is 32.4 Å². The molecule has 0 bridgehead atoms. The molecule has 20 heavy (non-hydrogen) atoms. The molecule has 1 aromatic carbocycles. The lowest BCUT2D eigenvalue weighted by Crippen LogP contribution is -2.46. The van der Waals surface area contributed by atoms with Crippen molar-refractivity contribution in [1.82, 2.24) is 5.32 Å². The van der Waals surface area contributed by atoms with Crippen molar-refractivity contribution in [3.05, 3.63) is 29.3 Å². The molecule has 0 saturated heterocycles. The zero-order chi connectivity index (χ0) is 15.3. The van der Waals surface area contributed by atoms with Gasteiger partial charge >= 0.3 is 5.97 Å². The van der Waals surface area contributed by atoms with Gasteiger partial charge in [-0.05, 0) is 32.0 Å². The second kappa shape index (κ2) is 6.38. The number of rotatable bonds is 5. The SMILES string of the molecule is COCC(C)(C)NC(=O)c1cc(O)cc(C(=O)OC)c1. The molecular weight excluding hydrogens is 262 g/mol. The predicted molar refractivity (Wildman–Crippen MR) is 72.9 cm³/mol. The topological polar surface area (TPSA) is 84.9 Å². The number of hydrogen-bond donors (Lipinski definition) is 2. The Morgan fingerprint density at radius 3 is 2.35 bits per heavy atom. The van der Waals surface area contributed by atoms with Gasteiger partial charge in [0.1, 0.15) is 5.75 Å². The number of phenolic OH excluding ortho intramolecular Hbond substituents is 1. The first-order valence-electron chi connectivity index (χ1n) is 6.03.